The van der Waals surface area contributed by atoms with Gasteiger partial charge in [-0.1, -0.05) is 6.92 Å². The molecule has 2 aliphatic carbocycles. The monoisotopic (exact) mass is 568 g/mol. The van der Waals surface area contributed by atoms with Gasteiger partial charge in [0.15, 0.2) is 0 Å². The van der Waals surface area contributed by atoms with Crippen LogP contribution >= 0.6 is 11.6 Å². The average Bonchev–Trinajstić information content (AvgIpc) is 3.06. The van der Waals surface area contributed by atoms with E-state index in [9.17, 15) is 10.2 Å². The number of rotatable bonds is 8. The van der Waals surface area contributed by atoms with Crippen molar-refractivity contribution in [3.63, 3.8) is 0 Å². The predicted octanol–water partition coefficient (Wildman–Crippen LogP) is 4.98. The maximum Gasteiger partial charge on any atom is 0.0824 e. The first-order chi connectivity index (χ1) is 18.6. The van der Waals surface area contributed by atoms with E-state index in [4.69, 9.17) is 21.1 Å². The quantitative estimate of drug-likeness (QED) is 0.359. The van der Waals surface area contributed by atoms with E-state index in [-0.39, 0.29) is 6.10 Å². The Morgan fingerprint density at radius 3 is 2.64 bits per heavy atom. The maximum absolute atomic E-state index is 11.7. The van der Waals surface area contributed by atoms with E-state index in [2.05, 4.69) is 17.1 Å². The number of likely N-dealkylation sites (tertiary alicyclic amines) is 1. The van der Waals surface area contributed by atoms with E-state index in [1.54, 1.807) is 0 Å². The molecule has 8 unspecified atom stereocenters. The first-order valence-corrected chi connectivity index (χ1v) is 16.8. The van der Waals surface area contributed by atoms with Crippen LogP contribution in [0.4, 0.5) is 0 Å². The van der Waals surface area contributed by atoms with Crippen molar-refractivity contribution in [1.29, 1.82) is 0 Å². The number of nitrogens with zero attached hydrogens (tertiary/aromatic N) is 1. The van der Waals surface area contributed by atoms with E-state index < -0.39 is 11.2 Å². The van der Waals surface area contributed by atoms with Gasteiger partial charge < -0.3 is 29.9 Å². The van der Waals surface area contributed by atoms with Crippen molar-refractivity contribution >= 4 is 11.6 Å². The molecule has 3 saturated heterocycles. The van der Waals surface area contributed by atoms with Crippen LogP contribution in [0.25, 0.3) is 0 Å². The average molecular weight is 569 g/mol. The number of ether oxygens (including phenoxy) is 2. The molecule has 3 heterocycles. The van der Waals surface area contributed by atoms with Crippen molar-refractivity contribution in [2.75, 3.05) is 39.4 Å². The molecule has 5 rings (SSSR count). The summed E-state index contributed by atoms with van der Waals surface area (Å²) in [6, 6.07) is 0.484. The molecule has 0 aromatic heterocycles. The van der Waals surface area contributed by atoms with Crippen LogP contribution in [0, 0.1) is 29.6 Å². The van der Waals surface area contributed by atoms with Crippen LogP contribution in [0.2, 0.25) is 0 Å². The molecule has 0 aromatic rings. The van der Waals surface area contributed by atoms with Crippen LogP contribution in [0.5, 0.6) is 0 Å². The summed E-state index contributed by atoms with van der Waals surface area (Å²) in [7, 11) is 0. The molecule has 7 heteroatoms. The van der Waals surface area contributed by atoms with Gasteiger partial charge in [-0.15, -0.1) is 11.6 Å². The maximum atomic E-state index is 11.7. The van der Waals surface area contributed by atoms with E-state index in [0.717, 1.165) is 84.2 Å². The van der Waals surface area contributed by atoms with E-state index >= 15 is 0 Å². The van der Waals surface area contributed by atoms with Crippen LogP contribution in [-0.4, -0.2) is 89.3 Å². The van der Waals surface area contributed by atoms with Crippen molar-refractivity contribution < 1.29 is 19.7 Å². The van der Waals surface area contributed by atoms with Crippen LogP contribution in [0.1, 0.15) is 97.8 Å². The van der Waals surface area contributed by atoms with Gasteiger partial charge in [0.1, 0.15) is 0 Å². The molecule has 0 amide bonds. The van der Waals surface area contributed by atoms with Crippen LogP contribution in [0.3, 0.4) is 0 Å². The fraction of sp³-hybridized carbons (Fsp3) is 1.00. The van der Waals surface area contributed by atoms with Crippen LogP contribution in [-0.2, 0) is 9.47 Å². The largest absolute Gasteiger partial charge is 0.389 e. The number of hydrogen-bond donors (Lipinski definition) is 3. The van der Waals surface area contributed by atoms with Gasteiger partial charge in [-0.2, -0.15) is 0 Å². The zero-order chi connectivity index (χ0) is 27.6. The lowest BCUT2D eigenvalue weighted by Crippen LogP contribution is -2.55. The van der Waals surface area contributed by atoms with Gasteiger partial charge in [-0.3, -0.25) is 0 Å². The Bertz CT molecular complexity index is 772. The van der Waals surface area contributed by atoms with Crippen molar-refractivity contribution in [2.45, 2.75) is 133 Å². The molecule has 6 nitrogen and oxygen atoms in total. The minimum atomic E-state index is -0.782. The van der Waals surface area contributed by atoms with Crippen molar-refractivity contribution in [3.8, 4) is 0 Å². The summed E-state index contributed by atoms with van der Waals surface area (Å²) in [5.41, 5.74) is -1.30. The fourth-order valence-corrected chi connectivity index (χ4v) is 9.30. The van der Waals surface area contributed by atoms with Gasteiger partial charge in [0.25, 0.3) is 0 Å². The molecule has 5 fully saturated rings. The minimum absolute atomic E-state index is 0.228. The van der Waals surface area contributed by atoms with Crippen LogP contribution < -0.4 is 5.32 Å². The Kier molecular flexibility index (Phi) is 10.3. The highest BCUT2D eigenvalue weighted by atomic mass is 35.5. The van der Waals surface area contributed by atoms with Crippen molar-refractivity contribution in [1.82, 2.24) is 10.2 Å². The summed E-state index contributed by atoms with van der Waals surface area (Å²) < 4.78 is 12.8. The lowest BCUT2D eigenvalue weighted by molar-refractivity contribution is -0.116. The molecule has 0 spiro atoms. The summed E-state index contributed by atoms with van der Waals surface area (Å²) in [6.07, 6.45) is 14.0. The zero-order valence-electron chi connectivity index (χ0n) is 25.0. The molecule has 0 aromatic carbocycles. The Hall–Kier alpha value is 0.0500. The molecule has 8 atom stereocenters. The second-order valence-corrected chi connectivity index (χ2v) is 15.3. The number of piperidine rings is 2. The lowest BCUT2D eigenvalue weighted by Gasteiger charge is -2.49. The molecular weight excluding hydrogens is 512 g/mol. The SMILES string of the molecule is CC1CN(CCCC2C3CCCNC3COC3CCC(OCC(C)(C)O)CC32)CCC1(O)C1CCC(Cl)CC1. The summed E-state index contributed by atoms with van der Waals surface area (Å²) in [6.45, 7) is 11.5. The smallest absolute Gasteiger partial charge is 0.0824 e. The minimum Gasteiger partial charge on any atom is -0.389 e. The third kappa shape index (κ3) is 7.53. The van der Waals surface area contributed by atoms with Crippen molar-refractivity contribution in [2.24, 2.45) is 29.6 Å². The first kappa shape index (κ1) is 30.5. The summed E-state index contributed by atoms with van der Waals surface area (Å²) in [5, 5.41) is 26.0. The van der Waals surface area contributed by atoms with Gasteiger partial charge >= 0.3 is 0 Å². The number of nitrogens with one attached hydrogen (secondary N) is 1. The third-order valence-corrected chi connectivity index (χ3v) is 11.7. The lowest BCUT2D eigenvalue weighted by atomic mass is 9.67. The Balaban J connectivity index is 1.18. The highest BCUT2D eigenvalue weighted by Crippen LogP contribution is 2.46. The molecular formula is C32H57ClN2O4. The van der Waals surface area contributed by atoms with E-state index in [1.807, 2.05) is 13.8 Å². The number of fused-ring (bicyclic) bond motifs is 2. The number of aliphatic hydroxyl groups is 2. The highest BCUT2D eigenvalue weighted by Gasteiger charge is 2.47. The molecule has 3 N–H and O–H groups in total. The van der Waals surface area contributed by atoms with Gasteiger partial charge in [0, 0.05) is 24.5 Å². The van der Waals surface area contributed by atoms with E-state index in [0.29, 0.717) is 53.7 Å². The normalized spacial score (nSPS) is 44.3. The Labute approximate surface area is 242 Å². The second-order valence-electron chi connectivity index (χ2n) is 14.7. The van der Waals surface area contributed by atoms with Gasteiger partial charge in [0.05, 0.1) is 36.6 Å². The topological polar surface area (TPSA) is 74.2 Å². The molecule has 0 bridgehead atoms. The van der Waals surface area contributed by atoms with Gasteiger partial charge in [-0.05, 0) is 134 Å². The first-order valence-electron chi connectivity index (χ1n) is 16.4. The molecule has 0 radical (unpaired) electrons. The Morgan fingerprint density at radius 2 is 1.90 bits per heavy atom. The molecule has 5 aliphatic rings. The number of alkyl halides is 1. The van der Waals surface area contributed by atoms with Gasteiger partial charge in [-0.25, -0.2) is 0 Å². The predicted molar refractivity (Wildman–Crippen MR) is 157 cm³/mol. The summed E-state index contributed by atoms with van der Waals surface area (Å²) in [5.74, 6) is 2.62. The summed E-state index contributed by atoms with van der Waals surface area (Å²) in [4.78, 5) is 2.63. The van der Waals surface area contributed by atoms with E-state index in [1.165, 1.54) is 25.7 Å². The highest BCUT2D eigenvalue weighted by molar-refractivity contribution is 6.20. The fourth-order valence-electron chi connectivity index (χ4n) is 9.05. The van der Waals surface area contributed by atoms with Gasteiger partial charge in [0.2, 0.25) is 0 Å². The molecule has 3 aliphatic heterocycles. The standard InChI is InChI=1S/C32H57ClN2O4/c1-22-19-35(17-14-32(22,37)23-8-10-24(33)11-9-23)16-5-7-26-27-6-4-15-34-29(27)20-38-30-13-12-25(18-28(26)30)39-21-31(2,3)36/h22-30,34,36-37H,4-21H2,1-3H3. The second kappa shape index (κ2) is 13.1. The van der Waals surface area contributed by atoms with Crippen molar-refractivity contribution in [3.05, 3.63) is 0 Å². The number of hydrogen-bond acceptors (Lipinski definition) is 6. The molecule has 2 saturated carbocycles. The molecule has 39 heavy (non-hydrogen) atoms. The third-order valence-electron chi connectivity index (χ3n) is 11.3. The molecule has 226 valence electrons. The summed E-state index contributed by atoms with van der Waals surface area (Å²) >= 11 is 6.37. The van der Waals surface area contributed by atoms with Crippen LogP contribution in [0.15, 0.2) is 0 Å². The zero-order valence-corrected chi connectivity index (χ0v) is 25.7. The number of halogens is 1. The Morgan fingerprint density at radius 1 is 1.10 bits per heavy atom.